The first kappa shape index (κ1) is 27.2. The highest BCUT2D eigenvalue weighted by Gasteiger charge is 2.33. The van der Waals surface area contributed by atoms with E-state index in [1.54, 1.807) is 42.5 Å². The van der Waals surface area contributed by atoms with Gasteiger partial charge < -0.3 is 4.98 Å². The van der Waals surface area contributed by atoms with Gasteiger partial charge in [-0.1, -0.05) is 75.6 Å². The first-order valence-corrected chi connectivity index (χ1v) is 11.2. The molecule has 0 unspecified atom stereocenters. The number of hydrogen-bond acceptors (Lipinski definition) is 2. The van der Waals surface area contributed by atoms with E-state index in [0.717, 1.165) is 23.3 Å². The van der Waals surface area contributed by atoms with Crippen molar-refractivity contribution in [2.45, 2.75) is 26.2 Å². The lowest BCUT2D eigenvalue weighted by molar-refractivity contribution is -0.141. The lowest BCUT2D eigenvalue weighted by Crippen LogP contribution is -2.13. The second-order valence-corrected chi connectivity index (χ2v) is 8.84. The van der Waals surface area contributed by atoms with Crippen LogP contribution in [0.4, 0.5) is 26.3 Å². The summed E-state index contributed by atoms with van der Waals surface area (Å²) in [6, 6.07) is 18.3. The summed E-state index contributed by atoms with van der Waals surface area (Å²) in [5.74, 6) is 0. The Balaban J connectivity index is 0.000000201. The number of halogens is 7. The van der Waals surface area contributed by atoms with Crippen LogP contribution < -0.4 is 5.43 Å². The molecule has 4 aromatic rings. The van der Waals surface area contributed by atoms with Crippen molar-refractivity contribution in [1.29, 1.82) is 0 Å². The molecule has 0 saturated carbocycles. The summed E-state index contributed by atoms with van der Waals surface area (Å²) >= 11 is 3.08. The zero-order chi connectivity index (χ0) is 26.7. The average molecular weight is 569 g/mol. The van der Waals surface area contributed by atoms with Crippen molar-refractivity contribution in [3.05, 3.63) is 110 Å². The van der Waals surface area contributed by atoms with Crippen molar-refractivity contribution in [2.24, 2.45) is 0 Å². The minimum Gasteiger partial charge on any atom is -0.351 e. The molecule has 36 heavy (non-hydrogen) atoms. The number of pyridine rings is 2. The number of benzene rings is 2. The number of aromatic amines is 1. The molecule has 188 valence electrons. The molecular formula is C26H19BrF6N2O. The van der Waals surface area contributed by atoms with Crippen molar-refractivity contribution in [3.8, 4) is 22.5 Å². The highest BCUT2D eigenvalue weighted by Crippen LogP contribution is 2.32. The molecule has 0 atom stereocenters. The molecular weight excluding hydrogens is 550 g/mol. The number of nitrogens with one attached hydrogen (secondary N) is 1. The summed E-state index contributed by atoms with van der Waals surface area (Å²) < 4.78 is 76.0. The first-order chi connectivity index (χ1) is 16.7. The van der Waals surface area contributed by atoms with Crippen LogP contribution in [0.15, 0.2) is 82.1 Å². The van der Waals surface area contributed by atoms with E-state index in [2.05, 4.69) is 25.9 Å². The number of nitrogens with zero attached hydrogens (tertiary/aromatic N) is 1. The predicted octanol–water partition coefficient (Wildman–Crippen LogP) is 8.21. The number of aryl methyl sites for hydroxylation is 2. The van der Waals surface area contributed by atoms with Gasteiger partial charge >= 0.3 is 12.4 Å². The lowest BCUT2D eigenvalue weighted by Gasteiger charge is -2.09. The second kappa shape index (κ2) is 10.7. The maximum absolute atomic E-state index is 12.6. The standard InChI is InChI=1S/C13H9BrF3N.C13H10F3NO/c1-8-2-4-9(5-3-8)11-6-10(14)7-12(18-11)13(15,16)17;1-8-2-4-9(5-3-8)11-6-10(18)7-12(17-11)13(14,15)16/h2-7H,1H3;2-7H,1H3,(H,17,18). The molecule has 2 heterocycles. The number of aromatic nitrogens is 2. The monoisotopic (exact) mass is 568 g/mol. The van der Waals surface area contributed by atoms with Crippen molar-refractivity contribution in [3.63, 3.8) is 0 Å². The highest BCUT2D eigenvalue weighted by molar-refractivity contribution is 9.10. The second-order valence-electron chi connectivity index (χ2n) is 7.93. The third-order valence-electron chi connectivity index (χ3n) is 4.94. The Bertz CT molecular complexity index is 1390. The maximum atomic E-state index is 12.6. The van der Waals surface area contributed by atoms with Crippen molar-refractivity contribution in [2.75, 3.05) is 0 Å². The minimum absolute atomic E-state index is 0.162. The van der Waals surface area contributed by atoms with Gasteiger partial charge in [0.1, 0.15) is 11.4 Å². The van der Waals surface area contributed by atoms with Crippen LogP contribution in [0.5, 0.6) is 0 Å². The molecule has 0 aliphatic rings. The molecule has 0 spiro atoms. The third kappa shape index (κ3) is 7.30. The molecule has 0 radical (unpaired) electrons. The normalized spacial score (nSPS) is 11.6. The van der Waals surface area contributed by atoms with Gasteiger partial charge in [-0.25, -0.2) is 4.98 Å². The molecule has 0 aliphatic carbocycles. The van der Waals surface area contributed by atoms with Gasteiger partial charge in [0.2, 0.25) is 0 Å². The zero-order valence-electron chi connectivity index (χ0n) is 18.9. The van der Waals surface area contributed by atoms with Gasteiger partial charge in [-0.05, 0) is 31.5 Å². The molecule has 2 aromatic carbocycles. The van der Waals surface area contributed by atoms with Crippen LogP contribution in [-0.2, 0) is 12.4 Å². The quantitative estimate of drug-likeness (QED) is 0.248. The van der Waals surface area contributed by atoms with Gasteiger partial charge in [0.15, 0.2) is 5.43 Å². The molecule has 4 rings (SSSR count). The van der Waals surface area contributed by atoms with E-state index >= 15 is 0 Å². The maximum Gasteiger partial charge on any atom is 0.433 e. The number of H-pyrrole nitrogens is 1. The lowest BCUT2D eigenvalue weighted by atomic mass is 10.1. The van der Waals surface area contributed by atoms with Crippen LogP contribution in [0.1, 0.15) is 22.5 Å². The van der Waals surface area contributed by atoms with Gasteiger partial charge in [0.25, 0.3) is 0 Å². The number of rotatable bonds is 2. The molecule has 0 saturated heterocycles. The Labute approximate surface area is 211 Å². The fourth-order valence-corrected chi connectivity index (χ4v) is 3.53. The summed E-state index contributed by atoms with van der Waals surface area (Å²) in [4.78, 5) is 17.2. The first-order valence-electron chi connectivity index (χ1n) is 10.4. The molecule has 0 bridgehead atoms. The molecule has 2 aromatic heterocycles. The van der Waals surface area contributed by atoms with E-state index in [1.165, 1.54) is 0 Å². The SMILES string of the molecule is Cc1ccc(-c2cc(=O)cc(C(F)(F)F)[nH]2)cc1.Cc1ccc(-c2cc(Br)cc(C(F)(F)F)n2)cc1. The molecule has 3 nitrogen and oxygen atoms in total. The summed E-state index contributed by atoms with van der Waals surface area (Å²) in [6.45, 7) is 3.79. The summed E-state index contributed by atoms with van der Waals surface area (Å²) in [6.07, 6.45) is -9.00. The Morgan fingerprint density at radius 1 is 0.722 bits per heavy atom. The van der Waals surface area contributed by atoms with Crippen LogP contribution >= 0.6 is 15.9 Å². The summed E-state index contributed by atoms with van der Waals surface area (Å²) in [5, 5.41) is 0. The fourth-order valence-electron chi connectivity index (χ4n) is 3.10. The Morgan fingerprint density at radius 2 is 1.25 bits per heavy atom. The fraction of sp³-hybridized carbons (Fsp3) is 0.154. The molecule has 10 heteroatoms. The average Bonchev–Trinajstić information content (AvgIpc) is 2.78. The predicted molar refractivity (Wildman–Crippen MR) is 129 cm³/mol. The van der Waals surface area contributed by atoms with E-state index in [-0.39, 0.29) is 5.69 Å². The highest BCUT2D eigenvalue weighted by atomic mass is 79.9. The Kier molecular flexibility index (Phi) is 8.08. The Hall–Kier alpha value is -3.40. The zero-order valence-corrected chi connectivity index (χ0v) is 20.5. The van der Waals surface area contributed by atoms with Gasteiger partial charge in [0.05, 0.1) is 5.69 Å². The van der Waals surface area contributed by atoms with Crippen LogP contribution in [0.3, 0.4) is 0 Å². The molecule has 0 amide bonds. The van der Waals surface area contributed by atoms with Crippen molar-refractivity contribution >= 4 is 15.9 Å². The van der Waals surface area contributed by atoms with Crippen LogP contribution in [-0.4, -0.2) is 9.97 Å². The van der Waals surface area contributed by atoms with E-state index in [4.69, 9.17) is 0 Å². The largest absolute Gasteiger partial charge is 0.433 e. The topological polar surface area (TPSA) is 45.8 Å². The van der Waals surface area contributed by atoms with Gasteiger partial charge in [-0.15, -0.1) is 0 Å². The van der Waals surface area contributed by atoms with Gasteiger partial charge in [-0.2, -0.15) is 26.3 Å². The van der Waals surface area contributed by atoms with Gasteiger partial charge in [-0.3, -0.25) is 4.79 Å². The van der Waals surface area contributed by atoms with E-state index in [1.807, 2.05) is 26.0 Å². The molecule has 0 aliphatic heterocycles. The number of alkyl halides is 6. The van der Waals surface area contributed by atoms with Gasteiger partial charge in [0, 0.05) is 27.9 Å². The summed E-state index contributed by atoms with van der Waals surface area (Å²) in [7, 11) is 0. The smallest absolute Gasteiger partial charge is 0.351 e. The minimum atomic E-state index is -4.56. The van der Waals surface area contributed by atoms with Crippen molar-refractivity contribution < 1.29 is 26.3 Å². The molecule has 0 fully saturated rings. The molecule has 1 N–H and O–H groups in total. The van der Waals surface area contributed by atoms with E-state index in [0.29, 0.717) is 27.4 Å². The van der Waals surface area contributed by atoms with Crippen LogP contribution in [0.2, 0.25) is 0 Å². The van der Waals surface area contributed by atoms with Crippen LogP contribution in [0.25, 0.3) is 22.5 Å². The summed E-state index contributed by atoms with van der Waals surface area (Å²) in [5.41, 5.74) is 1.11. The van der Waals surface area contributed by atoms with E-state index in [9.17, 15) is 31.1 Å². The number of hydrogen-bond donors (Lipinski definition) is 1. The van der Waals surface area contributed by atoms with Crippen molar-refractivity contribution in [1.82, 2.24) is 9.97 Å². The Morgan fingerprint density at radius 3 is 1.75 bits per heavy atom. The third-order valence-corrected chi connectivity index (χ3v) is 5.40. The van der Waals surface area contributed by atoms with E-state index < -0.39 is 29.2 Å². The van der Waals surface area contributed by atoms with Crippen LogP contribution in [0, 0.1) is 13.8 Å².